The van der Waals surface area contributed by atoms with Gasteiger partial charge in [-0.15, -0.1) is 22.7 Å². The van der Waals surface area contributed by atoms with Crippen molar-refractivity contribution in [1.82, 2.24) is 4.98 Å². The first-order valence-corrected chi connectivity index (χ1v) is 8.91. The average Bonchev–Trinajstić information content (AvgIpc) is 3.21. The Morgan fingerprint density at radius 2 is 2.30 bits per heavy atom. The first-order valence-electron chi connectivity index (χ1n) is 7.21. The number of carbonyl (C=O) groups excluding carboxylic acids is 2. The largest absolute Gasteiger partial charge is 0.453 e. The number of Topliss-reactive ketones (excluding diaryl/α,β-unsaturated/α-hetero) is 1. The molecule has 0 saturated heterocycles. The van der Waals surface area contributed by atoms with Gasteiger partial charge in [0.2, 0.25) is 0 Å². The van der Waals surface area contributed by atoms with Crippen LogP contribution in [0, 0.1) is 18.3 Å². The Labute approximate surface area is 141 Å². The molecule has 0 bridgehead atoms. The molecular formula is C16H14N2O3S2. The molecule has 5 nitrogen and oxygen atoms in total. The molecule has 0 amide bonds. The van der Waals surface area contributed by atoms with E-state index in [0.717, 1.165) is 25.0 Å². The van der Waals surface area contributed by atoms with Crippen LogP contribution in [-0.2, 0) is 22.4 Å². The fraction of sp³-hybridized carbons (Fsp3) is 0.375. The summed E-state index contributed by atoms with van der Waals surface area (Å²) in [6, 6.07) is 3.79. The molecule has 0 aromatic carbocycles. The minimum atomic E-state index is -0.977. The molecule has 0 aliphatic heterocycles. The number of hydrogen-bond donors (Lipinski definition) is 0. The smallest absolute Gasteiger partial charge is 0.348 e. The number of nitriles is 1. The first-order chi connectivity index (χ1) is 11.1. The van der Waals surface area contributed by atoms with Gasteiger partial charge in [-0.2, -0.15) is 5.26 Å². The number of thiazole rings is 1. The van der Waals surface area contributed by atoms with E-state index in [1.54, 1.807) is 12.3 Å². The molecule has 0 spiro atoms. The monoisotopic (exact) mass is 346 g/mol. The van der Waals surface area contributed by atoms with Crippen molar-refractivity contribution in [3.63, 3.8) is 0 Å². The van der Waals surface area contributed by atoms with Crippen LogP contribution in [0.2, 0.25) is 0 Å². The first kappa shape index (κ1) is 15.8. The van der Waals surface area contributed by atoms with Crippen molar-refractivity contribution in [3.8, 4) is 6.07 Å². The molecule has 3 rings (SSSR count). The van der Waals surface area contributed by atoms with E-state index >= 15 is 0 Å². The topological polar surface area (TPSA) is 80.0 Å². The second kappa shape index (κ2) is 6.60. The third-order valence-corrected chi connectivity index (χ3v) is 5.87. The normalized spacial score (nSPS) is 14.1. The van der Waals surface area contributed by atoms with E-state index in [9.17, 15) is 14.9 Å². The summed E-state index contributed by atoms with van der Waals surface area (Å²) < 4.78 is 5.09. The summed E-state index contributed by atoms with van der Waals surface area (Å²) in [7, 11) is 0. The van der Waals surface area contributed by atoms with Gasteiger partial charge in [-0.1, -0.05) is 0 Å². The summed E-state index contributed by atoms with van der Waals surface area (Å²) in [5, 5.41) is 11.4. The molecule has 0 saturated carbocycles. The van der Waals surface area contributed by atoms with Crippen molar-refractivity contribution in [1.29, 1.82) is 5.26 Å². The minimum Gasteiger partial charge on any atom is -0.453 e. The maximum Gasteiger partial charge on any atom is 0.348 e. The maximum atomic E-state index is 12.1. The summed E-state index contributed by atoms with van der Waals surface area (Å²) in [6.07, 6.45) is 3.14. The number of thiophene rings is 1. The van der Waals surface area contributed by atoms with Gasteiger partial charge in [0.05, 0.1) is 6.07 Å². The zero-order chi connectivity index (χ0) is 16.4. The van der Waals surface area contributed by atoms with Crippen LogP contribution in [0.4, 0.5) is 0 Å². The van der Waals surface area contributed by atoms with Crippen LogP contribution >= 0.6 is 22.7 Å². The molecule has 1 aliphatic carbocycles. The van der Waals surface area contributed by atoms with Gasteiger partial charge in [0, 0.05) is 16.0 Å². The molecule has 1 aliphatic rings. The molecule has 2 aromatic rings. The lowest BCUT2D eigenvalue weighted by atomic mass is 10.1. The van der Waals surface area contributed by atoms with Crippen LogP contribution in [0.25, 0.3) is 0 Å². The van der Waals surface area contributed by atoms with Gasteiger partial charge < -0.3 is 4.74 Å². The number of carbonyl (C=O) groups is 2. The van der Waals surface area contributed by atoms with Gasteiger partial charge in [0.15, 0.2) is 18.3 Å². The Morgan fingerprint density at radius 1 is 1.48 bits per heavy atom. The van der Waals surface area contributed by atoms with Crippen molar-refractivity contribution in [2.24, 2.45) is 0 Å². The number of esters is 1. The Bertz CT molecular complexity index is 779. The molecule has 2 aromatic heterocycles. The van der Waals surface area contributed by atoms with Gasteiger partial charge in [-0.3, -0.25) is 4.79 Å². The van der Waals surface area contributed by atoms with Crippen LogP contribution in [-0.4, -0.2) is 23.3 Å². The van der Waals surface area contributed by atoms with E-state index < -0.39 is 24.3 Å². The number of hydrogen-bond acceptors (Lipinski definition) is 7. The van der Waals surface area contributed by atoms with Gasteiger partial charge in [-0.05, 0) is 37.8 Å². The predicted molar refractivity (Wildman–Crippen MR) is 86.8 cm³/mol. The Kier molecular flexibility index (Phi) is 4.55. The third-order valence-electron chi connectivity index (χ3n) is 3.63. The maximum absolute atomic E-state index is 12.1. The zero-order valence-corrected chi connectivity index (χ0v) is 14.1. The summed E-state index contributed by atoms with van der Waals surface area (Å²) in [5.41, 5.74) is 1.98. The summed E-state index contributed by atoms with van der Waals surface area (Å²) in [4.78, 5) is 30.1. The fourth-order valence-corrected chi connectivity index (χ4v) is 4.50. The molecule has 1 atom stereocenters. The Hall–Kier alpha value is -2.04. The molecule has 2 heterocycles. The average molecular weight is 346 g/mol. The Balaban J connectivity index is 1.61. The van der Waals surface area contributed by atoms with Gasteiger partial charge in [0.25, 0.3) is 0 Å². The highest BCUT2D eigenvalue weighted by Gasteiger charge is 2.25. The van der Waals surface area contributed by atoms with Crippen molar-refractivity contribution in [2.75, 3.05) is 6.61 Å². The zero-order valence-electron chi connectivity index (χ0n) is 12.5. The van der Waals surface area contributed by atoms with Crippen molar-refractivity contribution >= 4 is 34.4 Å². The van der Waals surface area contributed by atoms with E-state index in [2.05, 4.69) is 4.98 Å². The highest BCUT2D eigenvalue weighted by molar-refractivity contribution is 7.14. The lowest BCUT2D eigenvalue weighted by molar-refractivity contribution is -0.122. The van der Waals surface area contributed by atoms with Crippen LogP contribution in [0.1, 0.15) is 43.2 Å². The molecule has 7 heteroatoms. The summed E-state index contributed by atoms with van der Waals surface area (Å²) in [5.74, 6) is -1.92. The fourth-order valence-electron chi connectivity index (χ4n) is 2.49. The summed E-state index contributed by atoms with van der Waals surface area (Å²) >= 11 is 2.70. The van der Waals surface area contributed by atoms with Gasteiger partial charge in [-0.25, -0.2) is 9.78 Å². The molecule has 23 heavy (non-hydrogen) atoms. The van der Waals surface area contributed by atoms with Crippen molar-refractivity contribution in [3.05, 3.63) is 37.5 Å². The van der Waals surface area contributed by atoms with Crippen LogP contribution in [0.15, 0.2) is 11.4 Å². The number of aryl methyl sites for hydroxylation is 3. The molecule has 118 valence electrons. The van der Waals surface area contributed by atoms with E-state index in [-0.39, 0.29) is 0 Å². The lowest BCUT2D eigenvalue weighted by Crippen LogP contribution is -2.19. The predicted octanol–water partition coefficient (Wildman–Crippen LogP) is 3.04. The Morgan fingerprint density at radius 3 is 2.96 bits per heavy atom. The van der Waals surface area contributed by atoms with E-state index in [1.165, 1.54) is 33.1 Å². The molecule has 0 fully saturated rings. The molecule has 0 N–H and O–H groups in total. The van der Waals surface area contributed by atoms with Gasteiger partial charge in [0.1, 0.15) is 9.88 Å². The summed E-state index contributed by atoms with van der Waals surface area (Å²) in [6.45, 7) is 1.40. The van der Waals surface area contributed by atoms with E-state index in [1.807, 2.05) is 12.1 Å². The number of rotatable bonds is 5. The highest BCUT2D eigenvalue weighted by Crippen LogP contribution is 2.31. The second-order valence-corrected chi connectivity index (χ2v) is 7.37. The minimum absolute atomic E-state index is 0.405. The number of aromatic nitrogens is 1. The number of ketones is 1. The van der Waals surface area contributed by atoms with Crippen LogP contribution in [0.3, 0.4) is 0 Å². The molecule has 1 unspecified atom stereocenters. The van der Waals surface area contributed by atoms with E-state index in [4.69, 9.17) is 4.74 Å². The van der Waals surface area contributed by atoms with Crippen LogP contribution < -0.4 is 0 Å². The van der Waals surface area contributed by atoms with Crippen molar-refractivity contribution < 1.29 is 14.3 Å². The van der Waals surface area contributed by atoms with Crippen LogP contribution in [0.5, 0.6) is 0 Å². The standard InChI is InChI=1S/C16H14N2O3S2/c1-9-8-22-15(18-9)11(6-17)12(19)7-21-16(20)14-5-10-3-2-4-13(10)23-14/h5,8,11H,2-4,7H2,1H3. The highest BCUT2D eigenvalue weighted by atomic mass is 32.1. The van der Waals surface area contributed by atoms with E-state index in [0.29, 0.717) is 9.88 Å². The van der Waals surface area contributed by atoms with Crippen molar-refractivity contribution in [2.45, 2.75) is 32.1 Å². The quantitative estimate of drug-likeness (QED) is 0.777. The number of nitrogens with zero attached hydrogens (tertiary/aromatic N) is 2. The molecule has 0 radical (unpaired) electrons. The third kappa shape index (κ3) is 3.33. The molecular weight excluding hydrogens is 332 g/mol. The lowest BCUT2D eigenvalue weighted by Gasteiger charge is -2.06. The van der Waals surface area contributed by atoms with Gasteiger partial charge >= 0.3 is 5.97 Å². The SMILES string of the molecule is Cc1csc(C(C#N)C(=O)COC(=O)c2cc3c(s2)CCC3)n1. The second-order valence-electron chi connectivity index (χ2n) is 5.34. The number of ether oxygens (including phenoxy) is 1. The number of fused-ring (bicyclic) bond motifs is 1.